The summed E-state index contributed by atoms with van der Waals surface area (Å²) in [6.07, 6.45) is 0. The van der Waals surface area contributed by atoms with Crippen LogP contribution in [-0.4, -0.2) is 0 Å². The highest BCUT2D eigenvalue weighted by molar-refractivity contribution is 6.18. The predicted octanol–water partition coefficient (Wildman–Crippen LogP) is 20.6. The second-order valence-corrected chi connectivity index (χ2v) is 25.4. The van der Waals surface area contributed by atoms with E-state index < -0.39 is 5.41 Å². The molecule has 0 fully saturated rings. The molecule has 1 aliphatic heterocycles. The minimum Gasteiger partial charge on any atom is -0.457 e. The average molecular weight is 991 g/mol. The Balaban J connectivity index is 1.22. The van der Waals surface area contributed by atoms with Gasteiger partial charge in [-0.2, -0.15) is 0 Å². The SMILES string of the molecule is CC(C)(C)c1ccc(N(c2ccc(C(C)(C)C)cc2)c2cc3c(c4ccccc24)-c2c(cc(N(c4ccc(C(C)(C)C)cc4)c4ccc(C(C)(C)C)cc4)c4ccccc24)C32c3ccccc3Oc3ccccc32)cc1. The smallest absolute Gasteiger partial charge is 0.132 e. The maximum Gasteiger partial charge on any atom is 0.132 e. The van der Waals surface area contributed by atoms with Crippen LogP contribution in [0, 0.1) is 0 Å². The zero-order valence-electron chi connectivity index (χ0n) is 46.4. The van der Waals surface area contributed by atoms with E-state index >= 15 is 0 Å². The number of hydrogen-bond donors (Lipinski definition) is 0. The van der Waals surface area contributed by atoms with E-state index in [1.807, 2.05) is 0 Å². The molecule has 0 atom stereocenters. The zero-order chi connectivity index (χ0) is 53.1. The van der Waals surface area contributed by atoms with Gasteiger partial charge in [-0.25, -0.2) is 0 Å². The summed E-state index contributed by atoms with van der Waals surface area (Å²) < 4.78 is 7.04. The van der Waals surface area contributed by atoms with Gasteiger partial charge in [0.2, 0.25) is 0 Å². The molecule has 0 bridgehead atoms. The second-order valence-electron chi connectivity index (χ2n) is 25.4. The van der Waals surface area contributed by atoms with Crippen LogP contribution in [0.2, 0.25) is 0 Å². The monoisotopic (exact) mass is 991 g/mol. The fourth-order valence-corrected chi connectivity index (χ4v) is 12.2. The summed E-state index contributed by atoms with van der Waals surface area (Å²) in [5.74, 6) is 1.73. The van der Waals surface area contributed by atoms with E-state index in [9.17, 15) is 0 Å². The molecule has 0 amide bonds. The molecule has 0 saturated heterocycles. The Bertz CT molecular complexity index is 3480. The summed E-state index contributed by atoms with van der Waals surface area (Å²) in [5.41, 5.74) is 18.3. The molecular weight excluding hydrogens is 921 g/mol. The fourth-order valence-electron chi connectivity index (χ4n) is 12.2. The third-order valence-corrected chi connectivity index (χ3v) is 16.4. The fraction of sp³-hybridized carbons (Fsp3) is 0.233. The van der Waals surface area contributed by atoms with Crippen molar-refractivity contribution in [2.75, 3.05) is 9.80 Å². The third kappa shape index (κ3) is 7.92. The van der Waals surface area contributed by atoms with Gasteiger partial charge in [-0.05, 0) is 150 Å². The van der Waals surface area contributed by atoms with E-state index in [0.717, 1.165) is 56.8 Å². The molecule has 0 aromatic heterocycles. The Morgan fingerprint density at radius 3 is 0.842 bits per heavy atom. The number of anilines is 6. The van der Waals surface area contributed by atoms with Crippen molar-refractivity contribution < 1.29 is 4.74 Å². The second kappa shape index (κ2) is 17.6. The topological polar surface area (TPSA) is 15.7 Å². The van der Waals surface area contributed by atoms with Crippen LogP contribution in [0.1, 0.15) is 128 Å². The van der Waals surface area contributed by atoms with Gasteiger partial charge in [-0.3, -0.25) is 0 Å². The van der Waals surface area contributed by atoms with Crippen molar-refractivity contribution in [1.29, 1.82) is 0 Å². The molecule has 0 radical (unpaired) electrons. The van der Waals surface area contributed by atoms with Crippen molar-refractivity contribution in [3.8, 4) is 22.6 Å². The van der Waals surface area contributed by atoms with Gasteiger partial charge in [0.05, 0.1) is 16.8 Å². The highest BCUT2D eigenvalue weighted by Gasteiger charge is 2.53. The van der Waals surface area contributed by atoms with Crippen molar-refractivity contribution in [2.45, 2.75) is 110 Å². The van der Waals surface area contributed by atoms with Crippen LogP contribution in [0.5, 0.6) is 11.5 Å². The van der Waals surface area contributed by atoms with Gasteiger partial charge >= 0.3 is 0 Å². The summed E-state index contributed by atoms with van der Waals surface area (Å²) in [7, 11) is 0. The van der Waals surface area contributed by atoms with Crippen LogP contribution in [0.25, 0.3) is 32.7 Å². The van der Waals surface area contributed by atoms with Crippen LogP contribution in [0.4, 0.5) is 34.1 Å². The largest absolute Gasteiger partial charge is 0.457 e. The van der Waals surface area contributed by atoms with Crippen molar-refractivity contribution in [3.05, 3.63) is 251 Å². The first-order valence-corrected chi connectivity index (χ1v) is 27.2. The summed E-state index contributed by atoms with van der Waals surface area (Å²) >= 11 is 0. The molecule has 3 heteroatoms. The highest BCUT2D eigenvalue weighted by Crippen LogP contribution is 2.66. The average Bonchev–Trinajstić information content (AvgIpc) is 3.69. The molecular formula is C73H70N2O. The molecule has 1 spiro atoms. The predicted molar refractivity (Wildman–Crippen MR) is 323 cm³/mol. The minimum atomic E-state index is -0.802. The van der Waals surface area contributed by atoms with Gasteiger partial charge in [-0.15, -0.1) is 0 Å². The number of rotatable bonds is 6. The lowest BCUT2D eigenvalue weighted by Crippen LogP contribution is -2.32. The molecule has 0 N–H and O–H groups in total. The maximum atomic E-state index is 7.04. The first kappa shape index (κ1) is 49.0. The van der Waals surface area contributed by atoms with Crippen LogP contribution >= 0.6 is 0 Å². The van der Waals surface area contributed by atoms with Crippen LogP contribution in [0.3, 0.4) is 0 Å². The Kier molecular flexibility index (Phi) is 11.4. The lowest BCUT2D eigenvalue weighted by molar-refractivity contribution is 0.436. The lowest BCUT2D eigenvalue weighted by atomic mass is 9.65. The van der Waals surface area contributed by atoms with Crippen LogP contribution < -0.4 is 14.5 Å². The zero-order valence-corrected chi connectivity index (χ0v) is 46.4. The number of para-hydroxylation sites is 2. The Morgan fingerprint density at radius 2 is 0.553 bits per heavy atom. The van der Waals surface area contributed by atoms with Gasteiger partial charge in [0.1, 0.15) is 11.5 Å². The van der Waals surface area contributed by atoms with Crippen LogP contribution in [0.15, 0.2) is 206 Å². The van der Waals surface area contributed by atoms with Crippen molar-refractivity contribution in [2.24, 2.45) is 0 Å². The molecule has 0 saturated carbocycles. The van der Waals surface area contributed by atoms with E-state index in [0.29, 0.717) is 0 Å². The third-order valence-electron chi connectivity index (χ3n) is 16.4. The molecule has 1 heterocycles. The van der Waals surface area contributed by atoms with E-state index in [2.05, 4.69) is 299 Å². The number of nitrogens with zero attached hydrogens (tertiary/aromatic N) is 2. The van der Waals surface area contributed by atoms with E-state index in [1.54, 1.807) is 0 Å². The minimum absolute atomic E-state index is 0.00292. The van der Waals surface area contributed by atoms with Gasteiger partial charge in [0.25, 0.3) is 0 Å². The quantitative estimate of drug-likeness (QED) is 0.165. The van der Waals surface area contributed by atoms with Gasteiger partial charge in [0, 0.05) is 44.6 Å². The molecule has 3 nitrogen and oxygen atoms in total. The van der Waals surface area contributed by atoms with Gasteiger partial charge in [0.15, 0.2) is 0 Å². The maximum absolute atomic E-state index is 7.04. The van der Waals surface area contributed by atoms with E-state index in [4.69, 9.17) is 4.74 Å². The highest BCUT2D eigenvalue weighted by atomic mass is 16.5. The number of ether oxygens (including phenoxy) is 1. The summed E-state index contributed by atoms with van der Waals surface area (Å²) in [5, 5.41) is 4.79. The molecule has 2 aliphatic rings. The normalized spacial score (nSPS) is 13.7. The van der Waals surface area contributed by atoms with Crippen molar-refractivity contribution >= 4 is 55.7 Å². The van der Waals surface area contributed by atoms with Crippen molar-refractivity contribution in [3.63, 3.8) is 0 Å². The summed E-state index contributed by atoms with van der Waals surface area (Å²) in [4.78, 5) is 5.01. The van der Waals surface area contributed by atoms with Crippen molar-refractivity contribution in [1.82, 2.24) is 0 Å². The molecule has 10 aromatic carbocycles. The van der Waals surface area contributed by atoms with E-state index in [1.165, 1.54) is 66.1 Å². The molecule has 378 valence electrons. The molecule has 76 heavy (non-hydrogen) atoms. The van der Waals surface area contributed by atoms with Crippen LogP contribution in [-0.2, 0) is 27.1 Å². The summed E-state index contributed by atoms with van der Waals surface area (Å²) in [6.45, 7) is 27.5. The first-order valence-electron chi connectivity index (χ1n) is 27.2. The Hall–Kier alpha value is -7.88. The lowest BCUT2D eigenvalue weighted by Gasteiger charge is -2.40. The number of fused-ring (bicyclic) bond motifs is 13. The summed E-state index contributed by atoms with van der Waals surface area (Å²) in [6, 6.07) is 78.0. The number of hydrogen-bond acceptors (Lipinski definition) is 3. The standard InChI is InChI=1S/C73H70N2O/c1-69(2,3)47-29-37-51(38-30-47)74(52-39-31-48(32-40-52)70(4,5)6)63-45-61-67(57-23-15-13-21-55(57)63)68-58-24-16-14-22-56(58)64(46-62(68)73(61)59-25-17-19-27-65(59)76-66-28-20-18-26-60(66)73)75(53-41-33-49(34-42-53)71(7,8)9)54-43-35-50(36-44-54)72(10,11)12/h13-46H,1-12H3. The van der Waals surface area contributed by atoms with E-state index in [-0.39, 0.29) is 21.7 Å². The Labute approximate surface area is 451 Å². The molecule has 12 rings (SSSR count). The Morgan fingerprint density at radius 1 is 0.289 bits per heavy atom. The number of benzene rings is 10. The van der Waals surface area contributed by atoms with Gasteiger partial charge < -0.3 is 14.5 Å². The molecule has 10 aromatic rings. The molecule has 1 aliphatic carbocycles. The molecule has 0 unspecified atom stereocenters. The first-order chi connectivity index (χ1) is 36.2. The van der Waals surface area contributed by atoms with Gasteiger partial charge in [-0.1, -0.05) is 217 Å².